The van der Waals surface area contributed by atoms with Crippen LogP contribution in [0.2, 0.25) is 0 Å². The number of hydrogen-bond donors (Lipinski definition) is 0. The van der Waals surface area contributed by atoms with E-state index in [1.807, 2.05) is 0 Å². The van der Waals surface area contributed by atoms with Gasteiger partial charge in [-0.2, -0.15) is 0 Å². The van der Waals surface area contributed by atoms with Gasteiger partial charge in [-0.1, -0.05) is 206 Å². The van der Waals surface area contributed by atoms with Crippen molar-refractivity contribution in [2.24, 2.45) is 0 Å². The summed E-state index contributed by atoms with van der Waals surface area (Å²) in [5, 5.41) is 9.98. The third kappa shape index (κ3) is 6.82. The fourth-order valence-electron chi connectivity index (χ4n) is 10.4. The van der Waals surface area contributed by atoms with Gasteiger partial charge in [0, 0.05) is 38.9 Å². The summed E-state index contributed by atoms with van der Waals surface area (Å²) in [6.45, 7) is 0. The lowest BCUT2D eigenvalue weighted by atomic mass is 9.90. The van der Waals surface area contributed by atoms with Crippen molar-refractivity contribution in [1.29, 1.82) is 0 Å². The molecule has 0 spiro atoms. The van der Waals surface area contributed by atoms with Crippen molar-refractivity contribution in [2.45, 2.75) is 0 Å². The van der Waals surface area contributed by atoms with Crippen molar-refractivity contribution >= 4 is 71.2 Å². The Morgan fingerprint density at radius 1 is 0.265 bits per heavy atom. The molecule has 0 fully saturated rings. The van der Waals surface area contributed by atoms with Gasteiger partial charge in [-0.25, -0.2) is 0 Å². The summed E-state index contributed by atoms with van der Waals surface area (Å²) >= 11 is 0. The highest BCUT2D eigenvalue weighted by molar-refractivity contribution is 6.19. The monoisotopic (exact) mass is 864 g/mol. The third-order valence-corrected chi connectivity index (χ3v) is 13.8. The lowest BCUT2D eigenvalue weighted by molar-refractivity contribution is 1.19. The van der Waals surface area contributed by atoms with Crippen molar-refractivity contribution in [1.82, 2.24) is 4.57 Å². The first-order valence-corrected chi connectivity index (χ1v) is 23.4. The van der Waals surface area contributed by atoms with Gasteiger partial charge in [0.2, 0.25) is 0 Å². The van der Waals surface area contributed by atoms with Crippen LogP contribution >= 0.6 is 0 Å². The van der Waals surface area contributed by atoms with Crippen LogP contribution in [0.5, 0.6) is 0 Å². The van der Waals surface area contributed by atoms with E-state index >= 15 is 0 Å². The maximum Gasteiger partial charge on any atom is 0.0619 e. The maximum atomic E-state index is 2.44. The number of anilines is 3. The van der Waals surface area contributed by atoms with Crippen molar-refractivity contribution < 1.29 is 0 Å². The standard InChI is InChI=1S/C66H44N2/c1-3-16-51(17-4-1)65-59-21-11-9-14-48(59)31-40-60(65)50-29-38-58(39-30-50)67(56-34-25-46(26-35-56)53-24-23-45-13-7-8-18-52(45)43-53)57-36-27-47(28-37-57)54-33-41-62-63-42-32-49-15-10-12-22-61(49)66(63)68(64(62)44-54)55-19-5-2-6-20-55/h1-44H. The number of aromatic nitrogens is 1. The summed E-state index contributed by atoms with van der Waals surface area (Å²) in [4.78, 5) is 2.37. The molecule has 2 heteroatoms. The van der Waals surface area contributed by atoms with Gasteiger partial charge in [0.25, 0.3) is 0 Å². The second kappa shape index (κ2) is 16.5. The molecule has 0 bridgehead atoms. The van der Waals surface area contributed by atoms with Crippen LogP contribution < -0.4 is 4.90 Å². The third-order valence-electron chi connectivity index (χ3n) is 13.8. The molecular weight excluding hydrogens is 821 g/mol. The smallest absolute Gasteiger partial charge is 0.0619 e. The average Bonchev–Trinajstić information content (AvgIpc) is 3.76. The second-order valence-corrected chi connectivity index (χ2v) is 17.7. The highest BCUT2D eigenvalue weighted by atomic mass is 15.1. The number of nitrogens with zero attached hydrogens (tertiary/aromatic N) is 2. The van der Waals surface area contributed by atoms with Gasteiger partial charge in [-0.3, -0.25) is 0 Å². The van der Waals surface area contributed by atoms with Crippen LogP contribution in [0.3, 0.4) is 0 Å². The molecule has 0 aliphatic rings. The van der Waals surface area contributed by atoms with Crippen LogP contribution in [-0.2, 0) is 0 Å². The molecule has 0 saturated carbocycles. The number of fused-ring (bicyclic) bond motifs is 7. The first kappa shape index (κ1) is 39.4. The minimum absolute atomic E-state index is 1.08. The van der Waals surface area contributed by atoms with E-state index in [2.05, 4.69) is 276 Å². The number of para-hydroxylation sites is 1. The van der Waals surface area contributed by atoms with Crippen LogP contribution in [0.4, 0.5) is 17.1 Å². The zero-order valence-corrected chi connectivity index (χ0v) is 37.3. The van der Waals surface area contributed by atoms with Crippen LogP contribution in [0.15, 0.2) is 267 Å². The van der Waals surface area contributed by atoms with E-state index < -0.39 is 0 Å². The Kier molecular flexibility index (Phi) is 9.54. The normalized spacial score (nSPS) is 11.5. The molecule has 2 nitrogen and oxygen atoms in total. The van der Waals surface area contributed by atoms with Gasteiger partial charge in [-0.15, -0.1) is 0 Å². The summed E-state index contributed by atoms with van der Waals surface area (Å²) < 4.78 is 2.44. The first-order chi connectivity index (χ1) is 33.7. The molecule has 0 N–H and O–H groups in total. The predicted octanol–water partition coefficient (Wildman–Crippen LogP) is 18.4. The van der Waals surface area contributed by atoms with E-state index in [0.29, 0.717) is 0 Å². The molecule has 1 heterocycles. The molecule has 0 unspecified atom stereocenters. The molecule has 68 heavy (non-hydrogen) atoms. The minimum Gasteiger partial charge on any atom is -0.311 e. The molecule has 0 amide bonds. The van der Waals surface area contributed by atoms with Crippen molar-refractivity contribution in [3.8, 4) is 50.2 Å². The zero-order valence-electron chi connectivity index (χ0n) is 37.3. The largest absolute Gasteiger partial charge is 0.311 e. The molecule has 0 radical (unpaired) electrons. The molecule has 0 aliphatic carbocycles. The summed E-state index contributed by atoms with van der Waals surface area (Å²) in [6.07, 6.45) is 0. The molecule has 13 aromatic rings. The Morgan fingerprint density at radius 3 is 1.41 bits per heavy atom. The maximum absolute atomic E-state index is 2.44. The van der Waals surface area contributed by atoms with Gasteiger partial charge in [0.1, 0.15) is 0 Å². The number of hydrogen-bond acceptors (Lipinski definition) is 1. The van der Waals surface area contributed by atoms with E-state index in [9.17, 15) is 0 Å². The van der Waals surface area contributed by atoms with E-state index in [-0.39, 0.29) is 0 Å². The van der Waals surface area contributed by atoms with Crippen LogP contribution in [0.1, 0.15) is 0 Å². The van der Waals surface area contributed by atoms with Gasteiger partial charge in [0.05, 0.1) is 11.0 Å². The van der Waals surface area contributed by atoms with Crippen LogP contribution in [0, 0.1) is 0 Å². The fraction of sp³-hybridized carbons (Fsp3) is 0. The topological polar surface area (TPSA) is 8.17 Å². The van der Waals surface area contributed by atoms with E-state index in [4.69, 9.17) is 0 Å². The Hall–Kier alpha value is -8.98. The number of benzene rings is 12. The molecule has 0 atom stereocenters. The summed E-state index contributed by atoms with van der Waals surface area (Å²) in [6, 6.07) is 97.4. The Bertz CT molecular complexity index is 3980. The fourth-order valence-corrected chi connectivity index (χ4v) is 10.4. The molecule has 12 aromatic carbocycles. The molecule has 1 aromatic heterocycles. The molecule has 13 rings (SSSR count). The predicted molar refractivity (Wildman–Crippen MR) is 290 cm³/mol. The second-order valence-electron chi connectivity index (χ2n) is 17.7. The van der Waals surface area contributed by atoms with E-state index in [0.717, 1.165) is 28.3 Å². The van der Waals surface area contributed by atoms with E-state index in [1.54, 1.807) is 0 Å². The zero-order chi connectivity index (χ0) is 45.0. The lowest BCUT2D eigenvalue weighted by Crippen LogP contribution is -2.09. The summed E-state index contributed by atoms with van der Waals surface area (Å²) in [5.74, 6) is 0. The average molecular weight is 865 g/mol. The summed E-state index contributed by atoms with van der Waals surface area (Å²) in [5.41, 5.74) is 16.4. The van der Waals surface area contributed by atoms with Crippen LogP contribution in [0.25, 0.3) is 104 Å². The Morgan fingerprint density at radius 2 is 0.735 bits per heavy atom. The summed E-state index contributed by atoms with van der Waals surface area (Å²) in [7, 11) is 0. The van der Waals surface area contributed by atoms with Crippen molar-refractivity contribution in [3.63, 3.8) is 0 Å². The van der Waals surface area contributed by atoms with Gasteiger partial charge in [-0.05, 0) is 132 Å². The molecule has 0 aliphatic heterocycles. The van der Waals surface area contributed by atoms with Crippen LogP contribution in [-0.4, -0.2) is 4.57 Å². The number of rotatable bonds is 8. The molecule has 0 saturated heterocycles. The van der Waals surface area contributed by atoms with E-state index in [1.165, 1.54) is 93.1 Å². The quantitative estimate of drug-likeness (QED) is 0.148. The lowest BCUT2D eigenvalue weighted by Gasteiger charge is -2.26. The Balaban J connectivity index is 0.914. The molecule has 318 valence electrons. The van der Waals surface area contributed by atoms with Gasteiger partial charge < -0.3 is 9.47 Å². The van der Waals surface area contributed by atoms with Crippen molar-refractivity contribution in [3.05, 3.63) is 267 Å². The highest BCUT2D eigenvalue weighted by Gasteiger charge is 2.19. The molecular formula is C66H44N2. The Labute approximate surface area is 395 Å². The SMILES string of the molecule is c1ccc(-c2c(-c3ccc(N(c4ccc(-c5ccc6ccccc6c5)cc4)c4ccc(-c5ccc6c7ccc8ccccc8c7n(-c7ccccc7)c6c5)cc4)cc3)ccc3ccccc23)cc1. The minimum atomic E-state index is 1.08. The van der Waals surface area contributed by atoms with Gasteiger partial charge in [0.15, 0.2) is 0 Å². The highest BCUT2D eigenvalue weighted by Crippen LogP contribution is 2.43. The first-order valence-electron chi connectivity index (χ1n) is 23.4. The van der Waals surface area contributed by atoms with Gasteiger partial charge >= 0.3 is 0 Å². The van der Waals surface area contributed by atoms with Crippen molar-refractivity contribution in [2.75, 3.05) is 4.90 Å².